The molecule has 0 aliphatic carbocycles. The van der Waals surface area contributed by atoms with Gasteiger partial charge in [0, 0.05) is 58.5 Å². The summed E-state index contributed by atoms with van der Waals surface area (Å²) in [5, 5.41) is 7.37. The van der Waals surface area contributed by atoms with Crippen molar-refractivity contribution in [3.8, 4) is 33.6 Å². The van der Waals surface area contributed by atoms with Crippen LogP contribution in [0.4, 0.5) is 5.69 Å². The number of hydrogen-bond donors (Lipinski definition) is 0. The van der Waals surface area contributed by atoms with Gasteiger partial charge in [0.05, 0.1) is 34.3 Å². The summed E-state index contributed by atoms with van der Waals surface area (Å²) in [5.74, 6) is 0. The van der Waals surface area contributed by atoms with Crippen LogP contribution in [-0.2, 0) is 0 Å². The van der Waals surface area contributed by atoms with E-state index < -0.39 is 0 Å². The van der Waals surface area contributed by atoms with E-state index in [-0.39, 0.29) is 0 Å². The first-order valence-corrected chi connectivity index (χ1v) is 18.6. The molecule has 0 aliphatic rings. The normalized spacial score (nSPS) is 11.8. The molecule has 0 radical (unpaired) electrons. The molecule has 11 aromatic rings. The summed E-state index contributed by atoms with van der Waals surface area (Å²) < 4.78 is 7.24. The van der Waals surface area contributed by atoms with Gasteiger partial charge in [0.2, 0.25) is 5.69 Å². The zero-order valence-corrected chi connectivity index (χ0v) is 29.3. The monoisotopic (exact) mass is 691 g/mol. The molecule has 246 valence electrons. The number of aromatic nitrogens is 2. The van der Waals surface area contributed by atoms with Crippen molar-refractivity contribution in [1.82, 2.24) is 9.13 Å². The Morgan fingerprint density at radius 3 is 1.55 bits per heavy atom. The molecule has 0 amide bonds. The number of fused-ring (bicyclic) bond motifs is 9. The maximum Gasteiger partial charge on any atom is 0.210 e. The summed E-state index contributed by atoms with van der Waals surface area (Å²) >= 11 is 1.85. The third-order valence-electron chi connectivity index (χ3n) is 10.7. The Bertz CT molecular complexity index is 3300. The molecule has 3 heterocycles. The molecule has 0 bridgehead atoms. The highest BCUT2D eigenvalue weighted by Gasteiger charge is 2.20. The van der Waals surface area contributed by atoms with Crippen LogP contribution in [0.5, 0.6) is 0 Å². The lowest BCUT2D eigenvalue weighted by Gasteiger charge is -2.13. The largest absolute Gasteiger partial charge is 0.318 e. The maximum absolute atomic E-state index is 7.99. The van der Waals surface area contributed by atoms with Crippen LogP contribution in [0.1, 0.15) is 0 Å². The van der Waals surface area contributed by atoms with E-state index in [2.05, 4.69) is 172 Å². The first-order valence-electron chi connectivity index (χ1n) is 17.8. The van der Waals surface area contributed by atoms with E-state index in [4.69, 9.17) is 6.57 Å². The van der Waals surface area contributed by atoms with Gasteiger partial charge in [-0.05, 0) is 65.7 Å². The molecular formula is C49H29N3S. The van der Waals surface area contributed by atoms with Gasteiger partial charge in [-0.15, -0.1) is 11.3 Å². The second-order valence-corrected chi connectivity index (χ2v) is 14.7. The van der Waals surface area contributed by atoms with Crippen LogP contribution >= 0.6 is 11.3 Å². The summed E-state index contributed by atoms with van der Waals surface area (Å²) in [4.78, 5) is 3.93. The van der Waals surface area contributed by atoms with Crippen molar-refractivity contribution in [3.63, 3.8) is 0 Å². The number of para-hydroxylation sites is 7. The molecule has 11 rings (SSSR count). The van der Waals surface area contributed by atoms with Gasteiger partial charge in [0.15, 0.2) is 0 Å². The number of thiophene rings is 1. The summed E-state index contributed by atoms with van der Waals surface area (Å²) in [6.45, 7) is 7.99. The first-order chi connectivity index (χ1) is 26.3. The first kappa shape index (κ1) is 29.8. The van der Waals surface area contributed by atoms with Crippen LogP contribution < -0.4 is 0 Å². The Hall–Kier alpha value is -6.93. The highest BCUT2D eigenvalue weighted by molar-refractivity contribution is 7.25. The van der Waals surface area contributed by atoms with Gasteiger partial charge < -0.3 is 9.13 Å². The van der Waals surface area contributed by atoms with Crippen LogP contribution in [0.3, 0.4) is 0 Å². The van der Waals surface area contributed by atoms with Crippen LogP contribution in [0.15, 0.2) is 176 Å². The fraction of sp³-hybridized carbons (Fsp3) is 0. The Morgan fingerprint density at radius 2 is 0.925 bits per heavy atom. The van der Waals surface area contributed by atoms with Gasteiger partial charge in [-0.2, -0.15) is 0 Å². The summed E-state index contributed by atoms with van der Waals surface area (Å²) in [6, 6.07) is 63.1. The van der Waals surface area contributed by atoms with Crippen LogP contribution in [0.25, 0.3) is 102 Å². The number of rotatable bonds is 4. The third-order valence-corrected chi connectivity index (χ3v) is 11.9. The second kappa shape index (κ2) is 11.5. The molecule has 3 nitrogen and oxygen atoms in total. The molecule has 0 atom stereocenters. The maximum atomic E-state index is 7.99. The average Bonchev–Trinajstić information content (AvgIpc) is 3.88. The van der Waals surface area contributed by atoms with E-state index in [1.165, 1.54) is 63.9 Å². The molecule has 0 saturated carbocycles. The van der Waals surface area contributed by atoms with E-state index >= 15 is 0 Å². The quantitative estimate of drug-likeness (QED) is 0.163. The van der Waals surface area contributed by atoms with E-state index in [0.717, 1.165) is 33.5 Å². The van der Waals surface area contributed by atoms with Crippen molar-refractivity contribution in [2.24, 2.45) is 0 Å². The predicted molar refractivity (Wildman–Crippen MR) is 225 cm³/mol. The Kier molecular flexibility index (Phi) is 6.48. The Labute approximate surface area is 309 Å². The number of benzene rings is 8. The Morgan fingerprint density at radius 1 is 0.415 bits per heavy atom. The molecule has 0 unspecified atom stereocenters. The molecule has 3 aromatic heterocycles. The fourth-order valence-electron chi connectivity index (χ4n) is 8.46. The smallest absolute Gasteiger partial charge is 0.210 e. The van der Waals surface area contributed by atoms with Gasteiger partial charge in [0.1, 0.15) is 0 Å². The topological polar surface area (TPSA) is 14.2 Å². The molecule has 8 aromatic carbocycles. The minimum atomic E-state index is 0.637. The summed E-state index contributed by atoms with van der Waals surface area (Å²) in [5.41, 5.74) is 12.1. The Balaban J connectivity index is 1.15. The SMILES string of the molecule is [C-]#[N+]c1ccccc1-n1c2ccccc2c2cccc(-c3ccc4sc5ccc(-c6cccc7c8ccccc8n(-c8ccccc8)c67)cc5c4c3)c21. The van der Waals surface area contributed by atoms with E-state index in [1.807, 2.05) is 29.5 Å². The van der Waals surface area contributed by atoms with Gasteiger partial charge in [-0.1, -0.05) is 121 Å². The van der Waals surface area contributed by atoms with Crippen molar-refractivity contribution in [3.05, 3.63) is 187 Å². The number of nitrogens with zero attached hydrogens (tertiary/aromatic N) is 3. The van der Waals surface area contributed by atoms with Crippen molar-refractivity contribution in [2.75, 3.05) is 0 Å². The lowest BCUT2D eigenvalue weighted by atomic mass is 9.98. The van der Waals surface area contributed by atoms with Crippen molar-refractivity contribution < 1.29 is 0 Å². The fourth-order valence-corrected chi connectivity index (χ4v) is 9.53. The predicted octanol–water partition coefficient (Wildman–Crippen LogP) is 14.1. The lowest BCUT2D eigenvalue weighted by Crippen LogP contribution is -1.95. The van der Waals surface area contributed by atoms with Crippen LogP contribution in [0, 0.1) is 6.57 Å². The second-order valence-electron chi connectivity index (χ2n) is 13.6. The highest BCUT2D eigenvalue weighted by atomic mass is 32.1. The van der Waals surface area contributed by atoms with Crippen LogP contribution in [-0.4, -0.2) is 9.13 Å². The molecular weight excluding hydrogens is 663 g/mol. The summed E-state index contributed by atoms with van der Waals surface area (Å²) in [7, 11) is 0. The third kappa shape index (κ3) is 4.39. The van der Waals surface area contributed by atoms with E-state index in [0.29, 0.717) is 5.69 Å². The molecule has 0 spiro atoms. The van der Waals surface area contributed by atoms with Crippen molar-refractivity contribution in [1.29, 1.82) is 0 Å². The highest BCUT2D eigenvalue weighted by Crippen LogP contribution is 2.44. The molecule has 0 fully saturated rings. The minimum Gasteiger partial charge on any atom is -0.318 e. The van der Waals surface area contributed by atoms with Gasteiger partial charge in [-0.3, -0.25) is 0 Å². The van der Waals surface area contributed by atoms with Crippen molar-refractivity contribution >= 4 is 80.8 Å². The van der Waals surface area contributed by atoms with Crippen molar-refractivity contribution in [2.45, 2.75) is 0 Å². The van der Waals surface area contributed by atoms with Gasteiger partial charge in [-0.25, -0.2) is 4.85 Å². The average molecular weight is 692 g/mol. The zero-order chi connectivity index (χ0) is 35.0. The van der Waals surface area contributed by atoms with Gasteiger partial charge >= 0.3 is 0 Å². The molecule has 4 heteroatoms. The molecule has 0 aliphatic heterocycles. The lowest BCUT2D eigenvalue weighted by molar-refractivity contribution is 1.18. The van der Waals surface area contributed by atoms with E-state index in [1.54, 1.807) is 0 Å². The minimum absolute atomic E-state index is 0.637. The number of hydrogen-bond acceptors (Lipinski definition) is 1. The zero-order valence-electron chi connectivity index (χ0n) is 28.5. The van der Waals surface area contributed by atoms with E-state index in [9.17, 15) is 0 Å². The molecule has 0 N–H and O–H groups in total. The standard InChI is InChI=1S/C49H29N3S/c1-50-42-21-7-10-24-45(42)52-44-23-9-6-16-37(44)39-20-12-18-35(49(39)52)32-26-28-47-41(30-32)40-29-31(25-27-46(40)53-47)34-17-11-19-38-36-15-5-8-22-43(36)51(48(34)38)33-13-3-2-4-14-33/h2-30H. The summed E-state index contributed by atoms with van der Waals surface area (Å²) in [6.07, 6.45) is 0. The molecule has 53 heavy (non-hydrogen) atoms. The van der Waals surface area contributed by atoms with Crippen LogP contribution in [0.2, 0.25) is 0 Å². The molecule has 0 saturated heterocycles. The van der Waals surface area contributed by atoms with Gasteiger partial charge in [0.25, 0.3) is 0 Å².